The van der Waals surface area contributed by atoms with E-state index in [0.29, 0.717) is 6.61 Å². The fourth-order valence-electron chi connectivity index (χ4n) is 2.63. The molecular weight excluding hydrogens is 266 g/mol. The van der Waals surface area contributed by atoms with Crippen LogP contribution in [0.25, 0.3) is 0 Å². The van der Waals surface area contributed by atoms with Crippen LogP contribution < -0.4 is 0 Å². The lowest BCUT2D eigenvalue weighted by atomic mass is 9.47. The van der Waals surface area contributed by atoms with Crippen molar-refractivity contribution in [3.8, 4) is 0 Å². The van der Waals surface area contributed by atoms with E-state index in [4.69, 9.17) is 18.6 Å². The lowest BCUT2D eigenvalue weighted by molar-refractivity contribution is -0.0491. The molecule has 0 bridgehead atoms. The van der Waals surface area contributed by atoms with E-state index in [1.165, 1.54) is 0 Å². The van der Waals surface area contributed by atoms with E-state index in [1.54, 1.807) is 0 Å². The quantitative estimate of drug-likeness (QED) is 0.696. The van der Waals surface area contributed by atoms with Gasteiger partial charge in [-0.3, -0.25) is 0 Å². The second-order valence-electron chi connectivity index (χ2n) is 8.48. The van der Waals surface area contributed by atoms with Crippen LogP contribution in [0.2, 0.25) is 0 Å². The second kappa shape index (κ2) is 5.26. The summed E-state index contributed by atoms with van der Waals surface area (Å²) in [5.41, 5.74) is -0.959. The summed E-state index contributed by atoms with van der Waals surface area (Å²) in [6, 6.07) is 0. The molecule has 0 unspecified atom stereocenters. The van der Waals surface area contributed by atoms with E-state index in [1.807, 2.05) is 27.7 Å². The molecule has 21 heavy (non-hydrogen) atoms. The largest absolute Gasteiger partial charge is 0.488 e. The van der Waals surface area contributed by atoms with Gasteiger partial charge < -0.3 is 18.6 Å². The van der Waals surface area contributed by atoms with Gasteiger partial charge in [0.2, 0.25) is 0 Å². The maximum atomic E-state index is 6.29. The highest BCUT2D eigenvalue weighted by atomic mass is 16.7. The average Bonchev–Trinajstić information content (AvgIpc) is 2.50. The number of hydrogen-bond donors (Lipinski definition) is 0. The van der Waals surface area contributed by atoms with Gasteiger partial charge in [0.05, 0.1) is 16.8 Å². The molecule has 4 nitrogen and oxygen atoms in total. The van der Waals surface area contributed by atoms with E-state index in [9.17, 15) is 0 Å². The first-order valence-electron chi connectivity index (χ1n) is 8.03. The average molecular weight is 296 g/mol. The van der Waals surface area contributed by atoms with Gasteiger partial charge in [0.25, 0.3) is 0 Å². The molecule has 2 heterocycles. The molecule has 0 amide bonds. The first kappa shape index (κ1) is 17.3. The fraction of sp³-hybridized carbons (Fsp3) is 1.00. The lowest BCUT2D eigenvalue weighted by Crippen LogP contribution is -2.54. The van der Waals surface area contributed by atoms with Crippen molar-refractivity contribution in [3.05, 3.63) is 0 Å². The Balaban J connectivity index is 2.17. The van der Waals surface area contributed by atoms with Crippen LogP contribution in [0.5, 0.6) is 0 Å². The summed E-state index contributed by atoms with van der Waals surface area (Å²) in [7, 11) is -0.969. The molecule has 2 aliphatic heterocycles. The predicted molar refractivity (Wildman–Crippen MR) is 86.0 cm³/mol. The van der Waals surface area contributed by atoms with Crippen molar-refractivity contribution in [3.63, 3.8) is 0 Å². The standard InChI is InChI=1S/C15H30B2O4/c1-12(2)10-9-11-18-16(19-13(12,3)4)17-20-14(5,6)15(7,8)21-17/h9-11H2,1-8H3. The molecular formula is C15H30B2O4. The number of rotatable bonds is 1. The molecule has 0 atom stereocenters. The molecule has 0 aromatic rings. The normalized spacial score (nSPS) is 30.9. The molecule has 6 heteroatoms. The van der Waals surface area contributed by atoms with Gasteiger partial charge in [-0.2, -0.15) is 0 Å². The molecule has 0 radical (unpaired) electrons. The van der Waals surface area contributed by atoms with Crippen molar-refractivity contribution in [2.24, 2.45) is 5.41 Å². The van der Waals surface area contributed by atoms with Gasteiger partial charge in [0, 0.05) is 6.61 Å². The Kier molecular flexibility index (Phi) is 4.34. The van der Waals surface area contributed by atoms with Crippen molar-refractivity contribution in [1.82, 2.24) is 0 Å². The summed E-state index contributed by atoms with van der Waals surface area (Å²) >= 11 is 0. The SMILES string of the molecule is CC1(C)CCCOB(B2OC(C)(C)C(C)(C)O2)OC1(C)C. The summed E-state index contributed by atoms with van der Waals surface area (Å²) in [6.45, 7) is 17.6. The maximum Gasteiger partial charge on any atom is 0.488 e. The Morgan fingerprint density at radius 2 is 1.14 bits per heavy atom. The monoisotopic (exact) mass is 296 g/mol. The van der Waals surface area contributed by atoms with Gasteiger partial charge in [-0.1, -0.05) is 13.8 Å². The van der Waals surface area contributed by atoms with Crippen molar-refractivity contribution in [2.45, 2.75) is 85.0 Å². The van der Waals surface area contributed by atoms with Crippen LogP contribution in [0.3, 0.4) is 0 Å². The van der Waals surface area contributed by atoms with Gasteiger partial charge in [-0.15, -0.1) is 0 Å². The minimum Gasteiger partial charge on any atom is -0.413 e. The molecule has 120 valence electrons. The summed E-state index contributed by atoms with van der Waals surface area (Å²) in [5, 5.41) is 0. The molecule has 0 aromatic carbocycles. The Hall–Kier alpha value is -0.0301. The third-order valence-electron chi connectivity index (χ3n) is 5.76. The molecule has 0 spiro atoms. The zero-order valence-corrected chi connectivity index (χ0v) is 14.9. The fourth-order valence-corrected chi connectivity index (χ4v) is 2.63. The van der Waals surface area contributed by atoms with Crippen LogP contribution in [-0.4, -0.2) is 37.4 Å². The highest BCUT2D eigenvalue weighted by Gasteiger charge is 2.59. The van der Waals surface area contributed by atoms with Crippen LogP contribution in [0.4, 0.5) is 0 Å². The van der Waals surface area contributed by atoms with Gasteiger partial charge in [-0.25, -0.2) is 0 Å². The van der Waals surface area contributed by atoms with Gasteiger partial charge in [0.15, 0.2) is 0 Å². The molecule has 0 N–H and O–H groups in total. The molecule has 0 aliphatic carbocycles. The molecule has 2 fully saturated rings. The lowest BCUT2D eigenvalue weighted by Gasteiger charge is -2.45. The summed E-state index contributed by atoms with van der Waals surface area (Å²) in [4.78, 5) is 0. The van der Waals surface area contributed by atoms with Gasteiger partial charge in [0.1, 0.15) is 0 Å². The van der Waals surface area contributed by atoms with Crippen LogP contribution in [0.1, 0.15) is 68.2 Å². The third kappa shape index (κ3) is 3.19. The van der Waals surface area contributed by atoms with E-state index < -0.39 is 14.0 Å². The van der Waals surface area contributed by atoms with E-state index in [2.05, 4.69) is 27.7 Å². The van der Waals surface area contributed by atoms with Crippen LogP contribution >= 0.6 is 0 Å². The van der Waals surface area contributed by atoms with Crippen LogP contribution in [0, 0.1) is 5.41 Å². The second-order valence-corrected chi connectivity index (χ2v) is 8.48. The maximum absolute atomic E-state index is 6.29. The van der Waals surface area contributed by atoms with E-state index in [0.717, 1.165) is 12.8 Å². The van der Waals surface area contributed by atoms with Gasteiger partial charge >= 0.3 is 14.0 Å². The van der Waals surface area contributed by atoms with Crippen molar-refractivity contribution in [2.75, 3.05) is 6.61 Å². The minimum atomic E-state index is -0.486. The first-order valence-corrected chi connectivity index (χ1v) is 8.03. The minimum absolute atomic E-state index is 0.0820. The summed E-state index contributed by atoms with van der Waals surface area (Å²) in [5.74, 6) is 0. The molecule has 0 aromatic heterocycles. The highest BCUT2D eigenvalue weighted by Crippen LogP contribution is 2.42. The smallest absolute Gasteiger partial charge is 0.413 e. The van der Waals surface area contributed by atoms with E-state index >= 15 is 0 Å². The molecule has 2 aliphatic rings. The Morgan fingerprint density at radius 3 is 1.67 bits per heavy atom. The Morgan fingerprint density at radius 1 is 0.667 bits per heavy atom. The van der Waals surface area contributed by atoms with E-state index in [-0.39, 0.29) is 22.2 Å². The zero-order chi connectivity index (χ0) is 16.1. The van der Waals surface area contributed by atoms with Crippen LogP contribution in [0.15, 0.2) is 0 Å². The Bertz CT molecular complexity index is 377. The van der Waals surface area contributed by atoms with Crippen LogP contribution in [-0.2, 0) is 18.6 Å². The zero-order valence-electron chi connectivity index (χ0n) is 14.9. The molecule has 2 saturated heterocycles. The third-order valence-corrected chi connectivity index (χ3v) is 5.76. The number of hydrogen-bond acceptors (Lipinski definition) is 4. The predicted octanol–water partition coefficient (Wildman–Crippen LogP) is 3.28. The highest BCUT2D eigenvalue weighted by molar-refractivity contribution is 7.11. The van der Waals surface area contributed by atoms with Crippen molar-refractivity contribution >= 4 is 14.0 Å². The Labute approximate surface area is 130 Å². The first-order chi connectivity index (χ1) is 9.38. The molecule has 0 saturated carbocycles. The summed E-state index contributed by atoms with van der Waals surface area (Å²) in [6.07, 6.45) is 2.10. The molecule has 2 rings (SSSR count). The van der Waals surface area contributed by atoms with Crippen molar-refractivity contribution < 1.29 is 18.6 Å². The van der Waals surface area contributed by atoms with Gasteiger partial charge in [-0.05, 0) is 59.8 Å². The summed E-state index contributed by atoms with van der Waals surface area (Å²) < 4.78 is 24.4. The van der Waals surface area contributed by atoms with Crippen molar-refractivity contribution in [1.29, 1.82) is 0 Å². The topological polar surface area (TPSA) is 36.9 Å².